The molecule has 1 heterocycles. The van der Waals surface area contributed by atoms with Crippen LogP contribution < -0.4 is 19.0 Å². The van der Waals surface area contributed by atoms with Crippen LogP contribution in [0.25, 0.3) is 10.2 Å². The van der Waals surface area contributed by atoms with Crippen molar-refractivity contribution >= 4 is 39.1 Å². The molecule has 0 aliphatic heterocycles. The van der Waals surface area contributed by atoms with Crippen molar-refractivity contribution in [2.45, 2.75) is 27.3 Å². The number of hydrogen-bond acceptors (Lipinski definition) is 5. The summed E-state index contributed by atoms with van der Waals surface area (Å²) in [6.07, 6.45) is 1.75. The second kappa shape index (κ2) is 10.5. The van der Waals surface area contributed by atoms with Crippen molar-refractivity contribution in [3.63, 3.8) is 0 Å². The van der Waals surface area contributed by atoms with Gasteiger partial charge in [-0.1, -0.05) is 35.1 Å². The predicted molar refractivity (Wildman–Crippen MR) is 125 cm³/mol. The van der Waals surface area contributed by atoms with Gasteiger partial charge in [0.2, 0.25) is 5.75 Å². The smallest absolute Gasteiger partial charge is 0.279 e. The lowest BCUT2D eigenvalue weighted by atomic mass is 10.1. The Balaban J connectivity index is 2.15. The number of aromatic nitrogens is 1. The molecule has 0 aliphatic carbocycles. The molecule has 0 radical (unpaired) electrons. The van der Waals surface area contributed by atoms with E-state index in [2.05, 4.69) is 11.6 Å². The highest BCUT2D eigenvalue weighted by Gasteiger charge is 2.19. The maximum Gasteiger partial charge on any atom is 0.279 e. The monoisotopic (exact) mass is 460 g/mol. The maximum atomic E-state index is 13.1. The Labute approximate surface area is 190 Å². The number of para-hydroxylation sites is 1. The largest absolute Gasteiger partial charge is 0.490 e. The first-order valence-corrected chi connectivity index (χ1v) is 11.3. The summed E-state index contributed by atoms with van der Waals surface area (Å²) in [5.41, 5.74) is 1.18. The molecular weight excluding hydrogens is 436 g/mol. The van der Waals surface area contributed by atoms with Crippen molar-refractivity contribution in [1.82, 2.24) is 4.57 Å². The number of hydrogen-bond donors (Lipinski definition) is 0. The molecule has 0 bridgehead atoms. The van der Waals surface area contributed by atoms with E-state index in [9.17, 15) is 4.79 Å². The summed E-state index contributed by atoms with van der Waals surface area (Å²) in [7, 11) is 0. The molecule has 0 atom stereocenters. The Kier molecular flexibility index (Phi) is 7.76. The van der Waals surface area contributed by atoms with E-state index in [1.165, 1.54) is 11.3 Å². The summed E-state index contributed by atoms with van der Waals surface area (Å²) < 4.78 is 20.0. The van der Waals surface area contributed by atoms with Gasteiger partial charge in [0, 0.05) is 12.1 Å². The number of nitrogens with zero attached hydrogens (tertiary/aromatic N) is 2. The standard InChI is InChI=1S/C23H25ClN2O4S/c1-5-12-26-20-16(24)10-9-11-19(20)31-23(26)25-22(27)15-13-17(28-6-2)21(30-8-4)18(14-15)29-7-3/h5,9-11,13-14H,1,6-8,12H2,2-4H3. The van der Waals surface area contributed by atoms with Gasteiger partial charge in [-0.15, -0.1) is 6.58 Å². The molecule has 3 aromatic rings. The molecule has 1 amide bonds. The molecule has 0 saturated carbocycles. The van der Waals surface area contributed by atoms with Crippen LogP contribution in [-0.2, 0) is 6.54 Å². The summed E-state index contributed by atoms with van der Waals surface area (Å²) in [5.74, 6) is 0.975. The van der Waals surface area contributed by atoms with Crippen molar-refractivity contribution < 1.29 is 19.0 Å². The Morgan fingerprint density at radius 3 is 2.35 bits per heavy atom. The first-order valence-electron chi connectivity index (χ1n) is 10.1. The van der Waals surface area contributed by atoms with Crippen LogP contribution in [0.15, 0.2) is 48.0 Å². The van der Waals surface area contributed by atoms with E-state index in [0.717, 1.165) is 10.2 Å². The van der Waals surface area contributed by atoms with Gasteiger partial charge in [0.05, 0.1) is 35.1 Å². The highest BCUT2D eigenvalue weighted by Crippen LogP contribution is 2.39. The highest BCUT2D eigenvalue weighted by molar-refractivity contribution is 7.16. The van der Waals surface area contributed by atoms with E-state index in [1.54, 1.807) is 18.2 Å². The molecule has 6 nitrogen and oxygen atoms in total. The third-order valence-corrected chi connectivity index (χ3v) is 5.67. The van der Waals surface area contributed by atoms with Gasteiger partial charge in [-0.3, -0.25) is 4.79 Å². The summed E-state index contributed by atoms with van der Waals surface area (Å²) in [5, 5.41) is 0.600. The average molecular weight is 461 g/mol. The Morgan fingerprint density at radius 1 is 1.13 bits per heavy atom. The zero-order valence-electron chi connectivity index (χ0n) is 17.8. The van der Waals surface area contributed by atoms with Gasteiger partial charge >= 0.3 is 0 Å². The lowest BCUT2D eigenvalue weighted by Crippen LogP contribution is -2.16. The molecule has 0 aliphatic rings. The van der Waals surface area contributed by atoms with Gasteiger partial charge < -0.3 is 18.8 Å². The molecule has 1 aromatic heterocycles. The second-order valence-corrected chi connectivity index (χ2v) is 7.80. The minimum Gasteiger partial charge on any atom is -0.490 e. The van der Waals surface area contributed by atoms with Crippen LogP contribution in [0.4, 0.5) is 0 Å². The van der Waals surface area contributed by atoms with E-state index in [1.807, 2.05) is 43.5 Å². The SMILES string of the molecule is C=CCn1c(=NC(=O)c2cc(OCC)c(OCC)c(OCC)c2)sc2cccc(Cl)c21. The number of thiazole rings is 1. The predicted octanol–water partition coefficient (Wildman–Crippen LogP) is 5.48. The van der Waals surface area contributed by atoms with Crippen molar-refractivity contribution in [3.05, 3.63) is 58.4 Å². The highest BCUT2D eigenvalue weighted by atomic mass is 35.5. The van der Waals surface area contributed by atoms with Gasteiger partial charge in [0.1, 0.15) is 0 Å². The minimum atomic E-state index is -0.412. The Hall–Kier alpha value is -2.77. The molecule has 0 saturated heterocycles. The topological polar surface area (TPSA) is 62.1 Å². The van der Waals surface area contributed by atoms with Crippen LogP contribution in [-0.4, -0.2) is 30.3 Å². The lowest BCUT2D eigenvalue weighted by molar-refractivity contribution is 0.0996. The van der Waals surface area contributed by atoms with Gasteiger partial charge in [0.25, 0.3) is 5.91 Å². The molecular formula is C23H25ClN2O4S. The van der Waals surface area contributed by atoms with Gasteiger partial charge in [-0.25, -0.2) is 0 Å². The average Bonchev–Trinajstić information content (AvgIpc) is 3.09. The number of amides is 1. The van der Waals surface area contributed by atoms with E-state index in [0.29, 0.717) is 59.0 Å². The molecule has 0 N–H and O–H groups in total. The van der Waals surface area contributed by atoms with Crippen molar-refractivity contribution in [2.24, 2.45) is 4.99 Å². The maximum absolute atomic E-state index is 13.1. The fourth-order valence-corrected chi connectivity index (χ4v) is 4.53. The van der Waals surface area contributed by atoms with Crippen LogP contribution in [0.3, 0.4) is 0 Å². The molecule has 164 valence electrons. The number of rotatable bonds is 9. The van der Waals surface area contributed by atoms with Crippen LogP contribution >= 0.6 is 22.9 Å². The van der Waals surface area contributed by atoms with Crippen molar-refractivity contribution in [3.8, 4) is 17.2 Å². The third-order valence-electron chi connectivity index (χ3n) is 4.32. The third kappa shape index (κ3) is 4.94. The summed E-state index contributed by atoms with van der Waals surface area (Å²) in [6, 6.07) is 8.92. The van der Waals surface area contributed by atoms with Crippen molar-refractivity contribution in [2.75, 3.05) is 19.8 Å². The first kappa shape index (κ1) is 22.9. The fraction of sp³-hybridized carbons (Fsp3) is 0.304. The molecule has 31 heavy (non-hydrogen) atoms. The molecule has 0 unspecified atom stereocenters. The van der Waals surface area contributed by atoms with E-state index >= 15 is 0 Å². The van der Waals surface area contributed by atoms with E-state index in [4.69, 9.17) is 25.8 Å². The Morgan fingerprint density at radius 2 is 1.77 bits per heavy atom. The van der Waals surface area contributed by atoms with Gasteiger partial charge in [-0.05, 0) is 45.0 Å². The number of halogens is 1. The molecule has 8 heteroatoms. The fourth-order valence-electron chi connectivity index (χ4n) is 3.13. The Bertz CT molecular complexity index is 1140. The van der Waals surface area contributed by atoms with Crippen LogP contribution in [0.1, 0.15) is 31.1 Å². The summed E-state index contributed by atoms with van der Waals surface area (Å²) >= 11 is 7.80. The van der Waals surface area contributed by atoms with Gasteiger partial charge in [0.15, 0.2) is 16.3 Å². The second-order valence-electron chi connectivity index (χ2n) is 6.39. The number of ether oxygens (including phenoxy) is 3. The zero-order chi connectivity index (χ0) is 22.4. The zero-order valence-corrected chi connectivity index (χ0v) is 19.4. The van der Waals surface area contributed by atoms with Crippen LogP contribution in [0, 0.1) is 0 Å². The number of fused-ring (bicyclic) bond motifs is 1. The summed E-state index contributed by atoms with van der Waals surface area (Å²) in [4.78, 5) is 18.1. The molecule has 2 aromatic carbocycles. The number of allylic oxidation sites excluding steroid dienone is 1. The molecule has 3 rings (SSSR count). The van der Waals surface area contributed by atoms with E-state index in [-0.39, 0.29) is 0 Å². The lowest BCUT2D eigenvalue weighted by Gasteiger charge is -2.16. The van der Waals surface area contributed by atoms with E-state index < -0.39 is 5.91 Å². The number of carbonyl (C=O) groups is 1. The molecule has 0 fully saturated rings. The first-order chi connectivity index (χ1) is 15.0. The number of benzene rings is 2. The van der Waals surface area contributed by atoms with Crippen molar-refractivity contribution in [1.29, 1.82) is 0 Å². The van der Waals surface area contributed by atoms with Gasteiger partial charge in [-0.2, -0.15) is 4.99 Å². The molecule has 0 spiro atoms. The normalized spacial score (nSPS) is 11.5. The minimum absolute atomic E-state index is 0.351. The quantitative estimate of drug-likeness (QED) is 0.397. The van der Waals surface area contributed by atoms with Crippen LogP contribution in [0.2, 0.25) is 5.02 Å². The number of carbonyl (C=O) groups excluding carboxylic acids is 1. The summed E-state index contributed by atoms with van der Waals surface area (Å²) in [6.45, 7) is 11.2. The van der Waals surface area contributed by atoms with Crippen LogP contribution in [0.5, 0.6) is 17.2 Å².